The minimum Gasteiger partial charge on any atom is -0.496 e. The highest BCUT2D eigenvalue weighted by molar-refractivity contribution is 8.00. The number of thioether (sulfide) groups is 1. The summed E-state index contributed by atoms with van der Waals surface area (Å²) in [5.74, 6) is 2.38. The molecule has 1 aliphatic rings. The third-order valence-electron chi connectivity index (χ3n) is 3.28. The molecule has 3 nitrogen and oxygen atoms in total. The van der Waals surface area contributed by atoms with Gasteiger partial charge in [0.2, 0.25) is 0 Å². The molecule has 0 heterocycles. The van der Waals surface area contributed by atoms with Crippen LogP contribution >= 0.6 is 11.8 Å². The molecule has 0 bridgehead atoms. The van der Waals surface area contributed by atoms with Gasteiger partial charge in [0.1, 0.15) is 11.5 Å². The lowest BCUT2D eigenvalue weighted by Gasteiger charge is -2.33. The van der Waals surface area contributed by atoms with Gasteiger partial charge in [-0.05, 0) is 19.0 Å². The summed E-state index contributed by atoms with van der Waals surface area (Å²) in [6.07, 6.45) is 0.998. The topological polar surface area (TPSA) is 44.5 Å². The van der Waals surface area contributed by atoms with Gasteiger partial charge in [0.05, 0.1) is 19.1 Å². The molecular weight excluding hydrogens is 246 g/mol. The third-order valence-corrected chi connectivity index (χ3v) is 4.31. The minimum atomic E-state index is 0.418. The maximum absolute atomic E-state index is 5.78. The average Bonchev–Trinajstić information content (AvgIpc) is 2.30. The van der Waals surface area contributed by atoms with Crippen LogP contribution in [0.3, 0.4) is 0 Å². The van der Waals surface area contributed by atoms with Gasteiger partial charge in [-0.2, -0.15) is 0 Å². The Morgan fingerprint density at radius 1 is 1.39 bits per heavy atom. The number of benzene rings is 1. The summed E-state index contributed by atoms with van der Waals surface area (Å²) in [7, 11) is 3.46. The third kappa shape index (κ3) is 2.19. The second kappa shape index (κ2) is 5.41. The first-order chi connectivity index (χ1) is 8.62. The van der Waals surface area contributed by atoms with Crippen molar-refractivity contribution in [2.24, 2.45) is 5.73 Å². The van der Waals surface area contributed by atoms with E-state index in [1.165, 1.54) is 16.0 Å². The fourth-order valence-electron chi connectivity index (χ4n) is 2.49. The Kier molecular flexibility index (Phi) is 4.07. The van der Waals surface area contributed by atoms with Crippen molar-refractivity contribution in [3.63, 3.8) is 0 Å². The number of hydrogen-bond donors (Lipinski definition) is 1. The van der Waals surface area contributed by atoms with E-state index in [0.717, 1.165) is 17.9 Å². The highest BCUT2D eigenvalue weighted by atomic mass is 32.2. The lowest BCUT2D eigenvalue weighted by molar-refractivity contribution is 0.368. The minimum absolute atomic E-state index is 0.418. The summed E-state index contributed by atoms with van der Waals surface area (Å²) in [5.41, 5.74) is 8.30. The summed E-state index contributed by atoms with van der Waals surface area (Å²) in [4.78, 5) is 1.17. The van der Waals surface area contributed by atoms with Crippen LogP contribution in [0.25, 0.3) is 0 Å². The maximum atomic E-state index is 5.78. The molecule has 1 atom stereocenters. The molecule has 100 valence electrons. The Morgan fingerprint density at radius 3 is 2.61 bits per heavy atom. The fraction of sp³-hybridized carbons (Fsp3) is 0.571. The van der Waals surface area contributed by atoms with Crippen molar-refractivity contribution in [2.75, 3.05) is 20.8 Å². The van der Waals surface area contributed by atoms with Crippen LogP contribution in [0.1, 0.15) is 30.9 Å². The lowest BCUT2D eigenvalue weighted by Crippen LogP contribution is -2.26. The van der Waals surface area contributed by atoms with Gasteiger partial charge in [-0.1, -0.05) is 13.8 Å². The predicted molar refractivity (Wildman–Crippen MR) is 76.0 cm³/mol. The first-order valence-electron chi connectivity index (χ1n) is 6.26. The Morgan fingerprint density at radius 2 is 2.11 bits per heavy atom. The van der Waals surface area contributed by atoms with E-state index in [-0.39, 0.29) is 0 Å². The van der Waals surface area contributed by atoms with Crippen LogP contribution in [-0.4, -0.2) is 26.0 Å². The molecule has 1 aromatic rings. The molecule has 2 N–H and O–H groups in total. The van der Waals surface area contributed by atoms with Crippen LogP contribution in [0.5, 0.6) is 11.5 Å². The van der Waals surface area contributed by atoms with Gasteiger partial charge in [-0.25, -0.2) is 0 Å². The van der Waals surface area contributed by atoms with Gasteiger partial charge in [-0.3, -0.25) is 0 Å². The monoisotopic (exact) mass is 267 g/mol. The number of ether oxygens (including phenoxy) is 2. The zero-order valence-electron chi connectivity index (χ0n) is 11.4. The van der Waals surface area contributed by atoms with Crippen LogP contribution in [0.15, 0.2) is 11.0 Å². The fourth-order valence-corrected chi connectivity index (χ4v) is 3.48. The summed E-state index contributed by atoms with van der Waals surface area (Å²) in [5, 5.41) is 0.520. The van der Waals surface area contributed by atoms with E-state index in [1.54, 1.807) is 14.2 Å². The van der Waals surface area contributed by atoms with Crippen LogP contribution < -0.4 is 15.2 Å². The Hall–Kier alpha value is -0.870. The smallest absolute Gasteiger partial charge is 0.136 e. The SMILES string of the molecule is COc1cc(SC(C)C)c(OC)c2c1C(CN)C2. The van der Waals surface area contributed by atoms with Crippen LogP contribution in [-0.2, 0) is 6.42 Å². The van der Waals surface area contributed by atoms with Crippen molar-refractivity contribution in [3.05, 3.63) is 17.2 Å². The van der Waals surface area contributed by atoms with Crippen molar-refractivity contribution in [1.82, 2.24) is 0 Å². The highest BCUT2D eigenvalue weighted by Crippen LogP contribution is 2.50. The summed E-state index contributed by atoms with van der Waals surface area (Å²) >= 11 is 1.81. The Labute approximate surface area is 113 Å². The molecule has 2 rings (SSSR count). The second-order valence-corrected chi connectivity index (χ2v) is 6.42. The van der Waals surface area contributed by atoms with Gasteiger partial charge in [0.15, 0.2) is 0 Å². The van der Waals surface area contributed by atoms with E-state index >= 15 is 0 Å². The number of fused-ring (bicyclic) bond motifs is 1. The number of methoxy groups -OCH3 is 2. The summed E-state index contributed by atoms with van der Waals surface area (Å²) in [6.45, 7) is 5.03. The van der Waals surface area contributed by atoms with Gasteiger partial charge in [0.25, 0.3) is 0 Å². The molecule has 0 radical (unpaired) electrons. The van der Waals surface area contributed by atoms with Gasteiger partial charge in [-0.15, -0.1) is 11.8 Å². The van der Waals surface area contributed by atoms with Crippen LogP contribution in [0, 0.1) is 0 Å². The van der Waals surface area contributed by atoms with Gasteiger partial charge < -0.3 is 15.2 Å². The van der Waals surface area contributed by atoms with Crippen molar-refractivity contribution < 1.29 is 9.47 Å². The number of nitrogens with two attached hydrogens (primary N) is 1. The molecule has 1 aliphatic carbocycles. The predicted octanol–water partition coefficient (Wildman–Crippen LogP) is 2.80. The van der Waals surface area contributed by atoms with Crippen LogP contribution in [0.4, 0.5) is 0 Å². The standard InChI is InChI=1S/C14H21NO2S/c1-8(2)18-12-6-11(16-3)13-9(7-15)5-10(13)14(12)17-4/h6,8-9H,5,7,15H2,1-4H3. The van der Waals surface area contributed by atoms with E-state index in [0.29, 0.717) is 17.7 Å². The van der Waals surface area contributed by atoms with Crippen molar-refractivity contribution in [2.45, 2.75) is 36.3 Å². The first kappa shape index (κ1) is 13.6. The number of rotatable bonds is 5. The highest BCUT2D eigenvalue weighted by Gasteiger charge is 2.34. The quantitative estimate of drug-likeness (QED) is 0.833. The lowest BCUT2D eigenvalue weighted by atomic mass is 9.76. The molecule has 0 aromatic heterocycles. The normalized spacial score (nSPS) is 17.3. The van der Waals surface area contributed by atoms with E-state index in [1.807, 2.05) is 11.8 Å². The summed E-state index contributed by atoms with van der Waals surface area (Å²) < 4.78 is 11.1. The van der Waals surface area contributed by atoms with E-state index in [4.69, 9.17) is 15.2 Å². The first-order valence-corrected chi connectivity index (χ1v) is 7.14. The molecule has 1 aromatic carbocycles. The molecule has 0 saturated carbocycles. The van der Waals surface area contributed by atoms with E-state index in [2.05, 4.69) is 19.9 Å². The van der Waals surface area contributed by atoms with E-state index in [9.17, 15) is 0 Å². The van der Waals surface area contributed by atoms with Crippen molar-refractivity contribution >= 4 is 11.8 Å². The molecule has 0 spiro atoms. The zero-order chi connectivity index (χ0) is 13.3. The Balaban J connectivity index is 2.48. The Bertz CT molecular complexity index is 446. The molecule has 0 saturated heterocycles. The van der Waals surface area contributed by atoms with Crippen molar-refractivity contribution in [1.29, 1.82) is 0 Å². The average molecular weight is 267 g/mol. The van der Waals surface area contributed by atoms with Gasteiger partial charge in [0, 0.05) is 22.3 Å². The second-order valence-electron chi connectivity index (χ2n) is 4.81. The maximum Gasteiger partial charge on any atom is 0.136 e. The molecule has 0 fully saturated rings. The molecule has 0 aliphatic heterocycles. The van der Waals surface area contributed by atoms with Crippen LogP contribution in [0.2, 0.25) is 0 Å². The largest absolute Gasteiger partial charge is 0.496 e. The van der Waals surface area contributed by atoms with Crippen molar-refractivity contribution in [3.8, 4) is 11.5 Å². The zero-order valence-corrected chi connectivity index (χ0v) is 12.3. The molecule has 4 heteroatoms. The molecule has 1 unspecified atom stereocenters. The molecule has 0 amide bonds. The van der Waals surface area contributed by atoms with Gasteiger partial charge >= 0.3 is 0 Å². The number of hydrogen-bond acceptors (Lipinski definition) is 4. The molecule has 18 heavy (non-hydrogen) atoms. The molecular formula is C14H21NO2S. The van der Waals surface area contributed by atoms with E-state index < -0.39 is 0 Å². The summed E-state index contributed by atoms with van der Waals surface area (Å²) in [6, 6.07) is 2.09.